The second-order valence-electron chi connectivity index (χ2n) is 3.96. The van der Waals surface area contributed by atoms with E-state index in [1.165, 1.54) is 11.0 Å². The van der Waals surface area contributed by atoms with Crippen molar-refractivity contribution in [2.45, 2.75) is 19.4 Å². The fraction of sp³-hybridized carbons (Fsp3) is 0.333. The van der Waals surface area contributed by atoms with Gasteiger partial charge in [0.05, 0.1) is 11.8 Å². The van der Waals surface area contributed by atoms with Crippen molar-refractivity contribution >= 4 is 15.5 Å². The van der Waals surface area contributed by atoms with Gasteiger partial charge < -0.3 is 5.32 Å². The average Bonchev–Trinajstić information content (AvgIpc) is 2.59. The summed E-state index contributed by atoms with van der Waals surface area (Å²) in [5, 5.41) is 4.46. The van der Waals surface area contributed by atoms with Crippen LogP contribution in [0.5, 0.6) is 0 Å². The Bertz CT molecular complexity index is 488. The van der Waals surface area contributed by atoms with E-state index >= 15 is 0 Å². The molecule has 1 heterocycles. The monoisotopic (exact) mass is 237 g/mol. The molecule has 0 amide bonds. The number of sulfone groups is 1. The maximum atomic E-state index is 11.2. The topological polar surface area (TPSA) is 46.2 Å². The Morgan fingerprint density at radius 3 is 2.50 bits per heavy atom. The van der Waals surface area contributed by atoms with Crippen LogP contribution in [0.15, 0.2) is 35.7 Å². The van der Waals surface area contributed by atoms with Crippen molar-refractivity contribution in [3.63, 3.8) is 0 Å². The Hall–Kier alpha value is -1.29. The first kappa shape index (κ1) is 11.2. The van der Waals surface area contributed by atoms with Crippen molar-refractivity contribution in [3.8, 4) is 0 Å². The molecule has 0 spiro atoms. The van der Waals surface area contributed by atoms with E-state index < -0.39 is 9.84 Å². The molecule has 1 atom stereocenters. The number of rotatable bonds is 3. The zero-order valence-electron chi connectivity index (χ0n) is 9.18. The van der Waals surface area contributed by atoms with E-state index in [4.69, 9.17) is 0 Å². The molecule has 3 nitrogen and oxygen atoms in total. The minimum atomic E-state index is -2.97. The standard InChI is InChI=1S/C12H15NO2S/c1-2-10-3-5-11(6-4-10)13-12-7-8-16(14,15)9-12/h3-8,12-13H,2,9H2,1H3. The first-order valence-electron chi connectivity index (χ1n) is 5.35. The lowest BCUT2D eigenvalue weighted by atomic mass is 10.1. The van der Waals surface area contributed by atoms with Crippen LogP contribution in [0, 0.1) is 0 Å². The first-order chi connectivity index (χ1) is 7.59. The Balaban J connectivity index is 2.03. The first-order valence-corrected chi connectivity index (χ1v) is 7.07. The Labute approximate surface area is 96.1 Å². The quantitative estimate of drug-likeness (QED) is 0.874. The molecular weight excluding hydrogens is 222 g/mol. The minimum absolute atomic E-state index is 0.0996. The highest BCUT2D eigenvalue weighted by Crippen LogP contribution is 2.16. The van der Waals surface area contributed by atoms with Crippen LogP contribution < -0.4 is 5.32 Å². The van der Waals surface area contributed by atoms with Gasteiger partial charge in [0.25, 0.3) is 0 Å². The number of hydrogen-bond acceptors (Lipinski definition) is 3. The summed E-state index contributed by atoms with van der Waals surface area (Å²) in [6, 6.07) is 7.97. The van der Waals surface area contributed by atoms with Gasteiger partial charge in [0.1, 0.15) is 0 Å². The van der Waals surface area contributed by atoms with Crippen molar-refractivity contribution < 1.29 is 8.42 Å². The van der Waals surface area contributed by atoms with Crippen LogP contribution in [0.2, 0.25) is 0 Å². The summed E-state index contributed by atoms with van der Waals surface area (Å²) in [7, 11) is -2.97. The third-order valence-electron chi connectivity index (χ3n) is 2.64. The Kier molecular flexibility index (Phi) is 3.01. The molecule has 0 bridgehead atoms. The Morgan fingerprint density at radius 2 is 2.00 bits per heavy atom. The SMILES string of the molecule is CCc1ccc(NC2C=CS(=O)(=O)C2)cc1. The Morgan fingerprint density at radius 1 is 1.31 bits per heavy atom. The molecule has 0 saturated carbocycles. The lowest BCUT2D eigenvalue weighted by Crippen LogP contribution is -2.20. The highest BCUT2D eigenvalue weighted by molar-refractivity contribution is 7.94. The van der Waals surface area contributed by atoms with Crippen LogP contribution in [0.25, 0.3) is 0 Å². The third-order valence-corrected chi connectivity index (χ3v) is 4.04. The van der Waals surface area contributed by atoms with Gasteiger partial charge in [0.2, 0.25) is 0 Å². The molecule has 4 heteroatoms. The highest BCUT2D eigenvalue weighted by Gasteiger charge is 2.21. The van der Waals surface area contributed by atoms with E-state index in [-0.39, 0.29) is 11.8 Å². The van der Waals surface area contributed by atoms with Crippen LogP contribution in [0.4, 0.5) is 5.69 Å². The fourth-order valence-corrected chi connectivity index (χ4v) is 2.95. The van der Waals surface area contributed by atoms with Crippen LogP contribution in [0.1, 0.15) is 12.5 Å². The number of anilines is 1. The van der Waals surface area contributed by atoms with Gasteiger partial charge in [0, 0.05) is 11.1 Å². The zero-order chi connectivity index (χ0) is 11.6. The van der Waals surface area contributed by atoms with Crippen LogP contribution in [-0.2, 0) is 16.3 Å². The van der Waals surface area contributed by atoms with E-state index in [9.17, 15) is 8.42 Å². The summed E-state index contributed by atoms with van der Waals surface area (Å²) >= 11 is 0. The maximum absolute atomic E-state index is 11.2. The number of benzene rings is 1. The van der Waals surface area contributed by atoms with Gasteiger partial charge in [-0.1, -0.05) is 25.1 Å². The molecule has 1 unspecified atom stereocenters. The van der Waals surface area contributed by atoms with Gasteiger partial charge >= 0.3 is 0 Å². The van der Waals surface area contributed by atoms with Crippen LogP contribution in [-0.4, -0.2) is 20.2 Å². The number of aryl methyl sites for hydroxylation is 1. The maximum Gasteiger partial charge on any atom is 0.173 e. The van der Waals surface area contributed by atoms with E-state index in [1.54, 1.807) is 6.08 Å². The molecule has 1 aromatic rings. The van der Waals surface area contributed by atoms with Crippen molar-refractivity contribution in [1.82, 2.24) is 0 Å². The van der Waals surface area contributed by atoms with Crippen molar-refractivity contribution in [2.24, 2.45) is 0 Å². The number of nitrogens with one attached hydrogen (secondary N) is 1. The van der Waals surface area contributed by atoms with Crippen LogP contribution >= 0.6 is 0 Å². The minimum Gasteiger partial charge on any atom is -0.378 e. The lowest BCUT2D eigenvalue weighted by molar-refractivity contribution is 0.605. The predicted octanol–water partition coefficient (Wildman–Crippen LogP) is 1.97. The highest BCUT2D eigenvalue weighted by atomic mass is 32.2. The molecule has 86 valence electrons. The van der Waals surface area contributed by atoms with Crippen LogP contribution in [0.3, 0.4) is 0 Å². The van der Waals surface area contributed by atoms with Gasteiger partial charge in [-0.3, -0.25) is 0 Å². The third kappa shape index (κ3) is 2.64. The summed E-state index contributed by atoms with van der Waals surface area (Å²) < 4.78 is 22.4. The van der Waals surface area contributed by atoms with Crippen molar-refractivity contribution in [1.29, 1.82) is 0 Å². The second-order valence-corrected chi connectivity index (χ2v) is 5.89. The van der Waals surface area contributed by atoms with Gasteiger partial charge in [-0.2, -0.15) is 0 Å². The zero-order valence-corrected chi connectivity index (χ0v) is 10.00. The van der Waals surface area contributed by atoms with Gasteiger partial charge in [-0.05, 0) is 24.1 Å². The molecule has 1 aliphatic heterocycles. The molecule has 0 saturated heterocycles. The molecule has 0 fully saturated rings. The summed E-state index contributed by atoms with van der Waals surface area (Å²) in [6.07, 6.45) is 2.71. The molecule has 1 aliphatic rings. The number of hydrogen-bond donors (Lipinski definition) is 1. The molecular formula is C12H15NO2S. The summed E-state index contributed by atoms with van der Waals surface area (Å²) in [6.45, 7) is 2.11. The summed E-state index contributed by atoms with van der Waals surface area (Å²) in [5.74, 6) is 0.155. The van der Waals surface area contributed by atoms with E-state index in [0.717, 1.165) is 12.1 Å². The average molecular weight is 237 g/mol. The van der Waals surface area contributed by atoms with E-state index in [2.05, 4.69) is 24.4 Å². The second kappa shape index (κ2) is 4.29. The van der Waals surface area contributed by atoms with Crippen molar-refractivity contribution in [2.75, 3.05) is 11.1 Å². The van der Waals surface area contributed by atoms with Gasteiger partial charge in [0.15, 0.2) is 9.84 Å². The molecule has 1 N–H and O–H groups in total. The summed E-state index contributed by atoms with van der Waals surface area (Å²) in [4.78, 5) is 0. The lowest BCUT2D eigenvalue weighted by Gasteiger charge is -2.11. The summed E-state index contributed by atoms with van der Waals surface area (Å²) in [5.41, 5.74) is 2.24. The molecule has 0 aliphatic carbocycles. The fourth-order valence-electron chi connectivity index (χ4n) is 1.72. The molecule has 0 aromatic heterocycles. The molecule has 1 aromatic carbocycles. The molecule has 0 radical (unpaired) electrons. The van der Waals surface area contributed by atoms with Gasteiger partial charge in [-0.15, -0.1) is 0 Å². The smallest absolute Gasteiger partial charge is 0.173 e. The van der Waals surface area contributed by atoms with Gasteiger partial charge in [-0.25, -0.2) is 8.42 Å². The normalized spacial score (nSPS) is 22.2. The van der Waals surface area contributed by atoms with E-state index in [0.29, 0.717) is 0 Å². The molecule has 16 heavy (non-hydrogen) atoms. The predicted molar refractivity (Wildman–Crippen MR) is 66.2 cm³/mol. The molecule has 2 rings (SSSR count). The largest absolute Gasteiger partial charge is 0.378 e. The van der Waals surface area contributed by atoms with E-state index in [1.807, 2.05) is 12.1 Å². The van der Waals surface area contributed by atoms with Crippen molar-refractivity contribution in [3.05, 3.63) is 41.3 Å².